The number of alkyl halides is 3. The molecule has 2 aliphatic rings. The fraction of sp³-hybridized carbons (Fsp3) is 0.409. The molecule has 32 heavy (non-hydrogen) atoms. The Balaban J connectivity index is 1.54. The van der Waals surface area contributed by atoms with E-state index < -0.39 is 17.3 Å². The van der Waals surface area contributed by atoms with Gasteiger partial charge in [0.05, 0.1) is 29.0 Å². The molecule has 1 aromatic carbocycles. The van der Waals surface area contributed by atoms with E-state index in [1.54, 1.807) is 0 Å². The number of hydrogen-bond donors (Lipinski definition) is 2. The molecule has 0 aliphatic carbocycles. The number of H-pyrrole nitrogens is 1. The summed E-state index contributed by atoms with van der Waals surface area (Å²) in [7, 11) is 0. The van der Waals surface area contributed by atoms with Gasteiger partial charge < -0.3 is 15.0 Å². The Hall–Kier alpha value is -3.32. The Kier molecular flexibility index (Phi) is 4.74. The van der Waals surface area contributed by atoms with Gasteiger partial charge in [-0.3, -0.25) is 4.90 Å². The van der Waals surface area contributed by atoms with E-state index in [1.165, 1.54) is 6.33 Å². The van der Waals surface area contributed by atoms with Gasteiger partial charge in [-0.1, -0.05) is 18.2 Å². The first-order valence-corrected chi connectivity index (χ1v) is 10.3. The number of nitrogens with zero attached hydrogens (tertiary/aromatic N) is 4. The number of fused-ring (bicyclic) bond motifs is 2. The van der Waals surface area contributed by atoms with Crippen LogP contribution in [-0.4, -0.2) is 45.6 Å². The second-order valence-corrected chi connectivity index (χ2v) is 8.60. The monoisotopic (exact) mass is 442 g/mol. The number of nitriles is 1. The molecule has 166 valence electrons. The molecule has 7 nitrogen and oxygen atoms in total. The molecular weight excluding hydrogens is 421 g/mol. The highest BCUT2D eigenvalue weighted by Crippen LogP contribution is 2.41. The van der Waals surface area contributed by atoms with Crippen LogP contribution in [0.2, 0.25) is 0 Å². The second kappa shape index (κ2) is 7.38. The molecular formula is C22H21F3N6O. The zero-order chi connectivity index (χ0) is 22.5. The molecule has 0 bridgehead atoms. The van der Waals surface area contributed by atoms with Crippen molar-refractivity contribution in [3.63, 3.8) is 0 Å². The van der Waals surface area contributed by atoms with E-state index in [9.17, 15) is 18.4 Å². The average Bonchev–Trinajstić information content (AvgIpc) is 3.39. The molecule has 3 atom stereocenters. The Bertz CT molecular complexity index is 1200. The molecule has 10 heteroatoms. The van der Waals surface area contributed by atoms with E-state index in [0.717, 1.165) is 30.3 Å². The number of para-hydroxylation sites is 1. The van der Waals surface area contributed by atoms with Crippen molar-refractivity contribution in [3.05, 3.63) is 47.9 Å². The van der Waals surface area contributed by atoms with E-state index >= 15 is 0 Å². The second-order valence-electron chi connectivity index (χ2n) is 8.60. The van der Waals surface area contributed by atoms with Crippen molar-refractivity contribution in [1.82, 2.24) is 19.9 Å². The first kappa shape index (κ1) is 20.6. The van der Waals surface area contributed by atoms with Gasteiger partial charge >= 0.3 is 6.18 Å². The Morgan fingerprint density at radius 3 is 2.88 bits per heavy atom. The van der Waals surface area contributed by atoms with Gasteiger partial charge in [0, 0.05) is 18.7 Å². The minimum absolute atomic E-state index is 0.116. The summed E-state index contributed by atoms with van der Waals surface area (Å²) >= 11 is 0. The number of nitrogens with one attached hydrogen (secondary N) is 2. The highest BCUT2D eigenvalue weighted by molar-refractivity contribution is 5.88. The lowest BCUT2D eigenvalue weighted by Gasteiger charge is -2.39. The SMILES string of the molecule is CC1(C#N)CCN([C@H]2COc3ccccc3[C@@H]2Nc2ncnc3[nH]c(C(F)(F)F)cc23)C1. The summed E-state index contributed by atoms with van der Waals surface area (Å²) in [4.78, 5) is 12.8. The highest BCUT2D eigenvalue weighted by atomic mass is 19.4. The predicted octanol–water partition coefficient (Wildman–Crippen LogP) is 4.13. The van der Waals surface area contributed by atoms with Gasteiger partial charge in [0.2, 0.25) is 0 Å². The summed E-state index contributed by atoms with van der Waals surface area (Å²) in [6.45, 7) is 3.67. The van der Waals surface area contributed by atoms with Crippen LogP contribution < -0.4 is 10.1 Å². The number of halogens is 3. The van der Waals surface area contributed by atoms with Crippen LogP contribution in [0.1, 0.15) is 30.6 Å². The van der Waals surface area contributed by atoms with E-state index in [1.807, 2.05) is 31.2 Å². The molecule has 0 radical (unpaired) electrons. The smallest absolute Gasteiger partial charge is 0.431 e. The van der Waals surface area contributed by atoms with Crippen molar-refractivity contribution in [1.29, 1.82) is 5.26 Å². The largest absolute Gasteiger partial charge is 0.491 e. The normalized spacial score (nSPS) is 25.8. The van der Waals surface area contributed by atoms with Crippen molar-refractivity contribution in [2.24, 2.45) is 5.41 Å². The summed E-state index contributed by atoms with van der Waals surface area (Å²) < 4.78 is 45.7. The third-order valence-corrected chi connectivity index (χ3v) is 6.31. The molecule has 1 unspecified atom stereocenters. The van der Waals surface area contributed by atoms with Gasteiger partial charge in [-0.15, -0.1) is 0 Å². The quantitative estimate of drug-likeness (QED) is 0.634. The molecule has 2 N–H and O–H groups in total. The zero-order valence-corrected chi connectivity index (χ0v) is 17.3. The molecule has 2 aliphatic heterocycles. The van der Waals surface area contributed by atoms with Crippen molar-refractivity contribution in [2.75, 3.05) is 25.0 Å². The van der Waals surface area contributed by atoms with Gasteiger partial charge in [-0.05, 0) is 25.5 Å². The maximum atomic E-state index is 13.2. The van der Waals surface area contributed by atoms with Gasteiger partial charge in [0.1, 0.15) is 35.8 Å². The zero-order valence-electron chi connectivity index (χ0n) is 17.3. The number of likely N-dealkylation sites (tertiary alicyclic amines) is 1. The van der Waals surface area contributed by atoms with Crippen LogP contribution in [-0.2, 0) is 6.18 Å². The molecule has 0 saturated carbocycles. The van der Waals surface area contributed by atoms with Crippen molar-refractivity contribution in [3.8, 4) is 11.8 Å². The molecule has 2 aromatic heterocycles. The Labute approximate surface area is 182 Å². The number of ether oxygens (including phenoxy) is 1. The summed E-state index contributed by atoms with van der Waals surface area (Å²) in [5, 5.41) is 13.2. The Morgan fingerprint density at radius 1 is 1.31 bits per heavy atom. The fourth-order valence-corrected chi connectivity index (χ4v) is 4.56. The van der Waals surface area contributed by atoms with Crippen LogP contribution in [0.3, 0.4) is 0 Å². The molecule has 0 spiro atoms. The molecule has 3 aromatic rings. The predicted molar refractivity (Wildman–Crippen MR) is 111 cm³/mol. The highest BCUT2D eigenvalue weighted by Gasteiger charge is 2.43. The number of hydrogen-bond acceptors (Lipinski definition) is 6. The number of aromatic amines is 1. The van der Waals surface area contributed by atoms with E-state index in [4.69, 9.17) is 4.74 Å². The van der Waals surface area contributed by atoms with Crippen LogP contribution in [0, 0.1) is 16.7 Å². The first-order chi connectivity index (χ1) is 15.3. The van der Waals surface area contributed by atoms with Gasteiger partial charge in [0.25, 0.3) is 0 Å². The van der Waals surface area contributed by atoms with Crippen LogP contribution in [0.25, 0.3) is 11.0 Å². The Morgan fingerprint density at radius 2 is 2.12 bits per heavy atom. The summed E-state index contributed by atoms with van der Waals surface area (Å²) in [6, 6.07) is 10.6. The van der Waals surface area contributed by atoms with E-state index in [-0.39, 0.29) is 23.1 Å². The topological polar surface area (TPSA) is 89.9 Å². The van der Waals surface area contributed by atoms with Crippen molar-refractivity contribution in [2.45, 2.75) is 31.6 Å². The number of aromatic nitrogens is 3. The lowest BCUT2D eigenvalue weighted by Crippen LogP contribution is -2.47. The summed E-state index contributed by atoms with van der Waals surface area (Å²) in [5.74, 6) is 1.04. The number of anilines is 1. The standard InChI is InChI=1S/C22H21F3N6O/c1-21(10-26)6-7-31(11-21)15-9-32-16-5-3-2-4-13(16)18(15)30-20-14-8-17(22(23,24)25)29-19(14)27-12-28-20/h2-5,8,12,15,18H,6-7,9,11H2,1H3,(H2,27,28,29,30)/t15-,18-,21?/m0/s1. The minimum Gasteiger partial charge on any atom is -0.491 e. The van der Waals surface area contributed by atoms with Crippen molar-refractivity contribution >= 4 is 16.9 Å². The van der Waals surface area contributed by atoms with Crippen LogP contribution in [0.15, 0.2) is 36.7 Å². The first-order valence-electron chi connectivity index (χ1n) is 10.3. The molecule has 5 rings (SSSR count). The van der Waals surface area contributed by atoms with Crippen LogP contribution in [0.4, 0.5) is 19.0 Å². The third kappa shape index (κ3) is 3.52. The molecule has 1 fully saturated rings. The number of rotatable bonds is 3. The number of benzene rings is 1. The fourth-order valence-electron chi connectivity index (χ4n) is 4.56. The van der Waals surface area contributed by atoms with Crippen LogP contribution in [0.5, 0.6) is 5.75 Å². The van der Waals surface area contributed by atoms with E-state index in [0.29, 0.717) is 19.0 Å². The summed E-state index contributed by atoms with van der Waals surface area (Å²) in [6.07, 6.45) is -2.52. The summed E-state index contributed by atoms with van der Waals surface area (Å²) in [5.41, 5.74) is -0.298. The maximum absolute atomic E-state index is 13.2. The minimum atomic E-state index is -4.51. The van der Waals surface area contributed by atoms with Gasteiger partial charge in [0.15, 0.2) is 0 Å². The molecule has 1 saturated heterocycles. The third-order valence-electron chi connectivity index (χ3n) is 6.31. The molecule has 4 heterocycles. The molecule has 0 amide bonds. The van der Waals surface area contributed by atoms with Gasteiger partial charge in [-0.25, -0.2) is 9.97 Å². The van der Waals surface area contributed by atoms with Crippen molar-refractivity contribution < 1.29 is 17.9 Å². The lowest BCUT2D eigenvalue weighted by atomic mass is 9.91. The van der Waals surface area contributed by atoms with Crippen LogP contribution >= 0.6 is 0 Å². The van der Waals surface area contributed by atoms with E-state index in [2.05, 4.69) is 31.2 Å². The van der Waals surface area contributed by atoms with Gasteiger partial charge in [-0.2, -0.15) is 18.4 Å². The lowest BCUT2D eigenvalue weighted by molar-refractivity contribution is -0.140. The average molecular weight is 442 g/mol. The maximum Gasteiger partial charge on any atom is 0.431 e.